The van der Waals surface area contributed by atoms with E-state index in [-0.39, 0.29) is 0 Å². The minimum atomic E-state index is -0.496. The molecule has 6 aromatic carbocycles. The van der Waals surface area contributed by atoms with Gasteiger partial charge in [-0.15, -0.1) is 0 Å². The van der Waals surface area contributed by atoms with Gasteiger partial charge in [-0.2, -0.15) is 0 Å². The minimum Gasteiger partial charge on any atom is -0.429 e. The van der Waals surface area contributed by atoms with Crippen LogP contribution in [0.3, 0.4) is 0 Å². The maximum Gasteiger partial charge on any atom is 0.335 e. The third-order valence-corrected chi connectivity index (χ3v) is 7.93. The van der Waals surface area contributed by atoms with Gasteiger partial charge in [0.05, 0.1) is 0 Å². The molecule has 0 fully saturated rings. The number of rotatable bonds is 11. The van der Waals surface area contributed by atoms with Gasteiger partial charge in [0.25, 0.3) is 6.47 Å². The third kappa shape index (κ3) is 7.19. The molecule has 0 heterocycles. The van der Waals surface area contributed by atoms with Crippen molar-refractivity contribution in [1.82, 2.24) is 0 Å². The molecule has 0 aromatic heterocycles. The number of hydrogen-bond donors (Lipinski definition) is 0. The van der Waals surface area contributed by atoms with E-state index < -0.39 is 5.97 Å². The Morgan fingerprint density at radius 1 is 0.500 bits per heavy atom. The predicted molar refractivity (Wildman–Crippen MR) is 193 cm³/mol. The SMILES string of the molecule is C=CC(=O)Oc1ccc(N(c2ccc(C)cc2)c2ccc(-c3ccc(N(c4ccc(C)cc4)c4ccc(OC=O)cc4)cc3)cc2)cc1. The zero-order chi connectivity index (χ0) is 33.5. The van der Waals surface area contributed by atoms with Crippen molar-refractivity contribution < 1.29 is 19.1 Å². The Kier molecular flexibility index (Phi) is 9.44. The molecule has 6 nitrogen and oxygen atoms in total. The third-order valence-electron chi connectivity index (χ3n) is 7.93. The Bertz CT molecular complexity index is 2000. The standard InChI is InChI=1S/C42H34N2O4/c1-4-42(46)48-41-27-23-39(24-28-41)44(35-15-7-31(3)8-16-35)37-19-11-33(12-20-37)32-9-17-36(18-10-32)43(34-13-5-30(2)6-14-34)38-21-25-40(26-22-38)47-29-45/h4-29H,1H2,2-3H3. The fraction of sp³-hybridized carbons (Fsp3) is 0.0476. The summed E-state index contributed by atoms with van der Waals surface area (Å²) in [5.74, 6) is 0.448. The van der Waals surface area contributed by atoms with Crippen molar-refractivity contribution in [3.8, 4) is 22.6 Å². The van der Waals surface area contributed by atoms with Gasteiger partial charge in [0.1, 0.15) is 11.5 Å². The molecule has 0 unspecified atom stereocenters. The normalized spacial score (nSPS) is 10.5. The lowest BCUT2D eigenvalue weighted by molar-refractivity contribution is -0.129. The van der Waals surface area contributed by atoms with Gasteiger partial charge in [0.2, 0.25) is 0 Å². The molecule has 6 rings (SSSR count). The molecule has 0 saturated carbocycles. The van der Waals surface area contributed by atoms with E-state index in [1.165, 1.54) is 11.1 Å². The highest BCUT2D eigenvalue weighted by atomic mass is 16.5. The smallest absolute Gasteiger partial charge is 0.335 e. The summed E-state index contributed by atoms with van der Waals surface area (Å²) in [6, 6.07) is 48.5. The topological polar surface area (TPSA) is 59.1 Å². The Morgan fingerprint density at radius 3 is 1.15 bits per heavy atom. The average Bonchev–Trinajstić information content (AvgIpc) is 3.12. The molecule has 0 radical (unpaired) electrons. The van der Waals surface area contributed by atoms with Gasteiger partial charge in [-0.3, -0.25) is 4.79 Å². The van der Waals surface area contributed by atoms with Gasteiger partial charge in [0.15, 0.2) is 0 Å². The van der Waals surface area contributed by atoms with Crippen LogP contribution in [-0.4, -0.2) is 12.4 Å². The molecule has 0 atom stereocenters. The van der Waals surface area contributed by atoms with Crippen LogP contribution in [0.4, 0.5) is 34.1 Å². The number of ether oxygens (including phenoxy) is 2. The van der Waals surface area contributed by atoms with Crippen LogP contribution in [0.25, 0.3) is 11.1 Å². The molecular weight excluding hydrogens is 596 g/mol. The zero-order valence-electron chi connectivity index (χ0n) is 26.7. The van der Waals surface area contributed by atoms with Gasteiger partial charge in [0, 0.05) is 40.2 Å². The highest BCUT2D eigenvalue weighted by Gasteiger charge is 2.15. The predicted octanol–water partition coefficient (Wildman–Crippen LogP) is 10.5. The second kappa shape index (κ2) is 14.4. The van der Waals surface area contributed by atoms with E-state index in [2.05, 4.69) is 127 Å². The molecule has 6 aromatic rings. The summed E-state index contributed by atoms with van der Waals surface area (Å²) in [6.07, 6.45) is 1.15. The van der Waals surface area contributed by atoms with Crippen molar-refractivity contribution in [2.75, 3.05) is 9.80 Å². The van der Waals surface area contributed by atoms with Crippen molar-refractivity contribution in [3.63, 3.8) is 0 Å². The van der Waals surface area contributed by atoms with Crippen molar-refractivity contribution >= 4 is 46.6 Å². The number of hydrogen-bond acceptors (Lipinski definition) is 6. The van der Waals surface area contributed by atoms with Crippen molar-refractivity contribution in [3.05, 3.63) is 169 Å². The summed E-state index contributed by atoms with van der Waals surface area (Å²) < 4.78 is 10.3. The lowest BCUT2D eigenvalue weighted by atomic mass is 10.0. The fourth-order valence-corrected chi connectivity index (χ4v) is 5.44. The van der Waals surface area contributed by atoms with Crippen molar-refractivity contribution in [1.29, 1.82) is 0 Å². The monoisotopic (exact) mass is 630 g/mol. The van der Waals surface area contributed by atoms with Gasteiger partial charge < -0.3 is 19.3 Å². The highest BCUT2D eigenvalue weighted by Crippen LogP contribution is 2.39. The van der Waals surface area contributed by atoms with Crippen LogP contribution in [0.15, 0.2) is 158 Å². The Hall–Kier alpha value is -6.40. The van der Waals surface area contributed by atoms with Crippen LogP contribution in [0.1, 0.15) is 11.1 Å². The number of benzene rings is 6. The van der Waals surface area contributed by atoms with Gasteiger partial charge in [-0.05, 0) is 122 Å². The number of anilines is 6. The van der Waals surface area contributed by atoms with Crippen molar-refractivity contribution in [2.45, 2.75) is 13.8 Å². The summed E-state index contributed by atoms with van der Waals surface area (Å²) in [5.41, 5.74) is 10.4. The molecule has 6 heteroatoms. The van der Waals surface area contributed by atoms with Crippen LogP contribution in [0.5, 0.6) is 11.5 Å². The second-order valence-electron chi connectivity index (χ2n) is 11.3. The number of nitrogens with zero attached hydrogens (tertiary/aromatic N) is 2. The maximum atomic E-state index is 11.7. The van der Waals surface area contributed by atoms with Crippen LogP contribution in [0, 0.1) is 13.8 Å². The fourth-order valence-electron chi connectivity index (χ4n) is 5.44. The first-order valence-electron chi connectivity index (χ1n) is 15.5. The summed E-state index contributed by atoms with van der Waals surface area (Å²) in [6.45, 7) is 8.03. The average molecular weight is 631 g/mol. The lowest BCUT2D eigenvalue weighted by Crippen LogP contribution is -2.10. The Labute approximate surface area is 280 Å². The number of carbonyl (C=O) groups excluding carboxylic acids is 2. The minimum absolute atomic E-state index is 0.431. The summed E-state index contributed by atoms with van der Waals surface area (Å²) in [4.78, 5) is 26.8. The first-order chi connectivity index (χ1) is 23.4. The van der Waals surface area contributed by atoms with Gasteiger partial charge >= 0.3 is 5.97 Å². The first kappa shape index (κ1) is 31.6. The van der Waals surface area contributed by atoms with E-state index in [4.69, 9.17) is 9.47 Å². The molecule has 0 aliphatic rings. The van der Waals surface area contributed by atoms with E-state index in [1.54, 1.807) is 24.3 Å². The number of carbonyl (C=O) groups is 2. The van der Waals surface area contributed by atoms with Gasteiger partial charge in [-0.1, -0.05) is 66.2 Å². The van der Waals surface area contributed by atoms with E-state index >= 15 is 0 Å². The summed E-state index contributed by atoms with van der Waals surface area (Å²) in [7, 11) is 0. The van der Waals surface area contributed by atoms with Crippen molar-refractivity contribution in [2.24, 2.45) is 0 Å². The highest BCUT2D eigenvalue weighted by molar-refractivity contribution is 5.84. The molecule has 0 aliphatic heterocycles. The quantitative estimate of drug-likeness (QED) is 0.0614. The van der Waals surface area contributed by atoms with E-state index in [0.717, 1.165) is 51.3 Å². The number of aryl methyl sites for hydroxylation is 2. The first-order valence-corrected chi connectivity index (χ1v) is 15.5. The molecule has 0 aliphatic carbocycles. The molecule has 48 heavy (non-hydrogen) atoms. The molecule has 0 saturated heterocycles. The molecule has 236 valence electrons. The van der Waals surface area contributed by atoms with E-state index in [0.29, 0.717) is 18.0 Å². The largest absolute Gasteiger partial charge is 0.429 e. The van der Waals surface area contributed by atoms with E-state index in [9.17, 15) is 9.59 Å². The summed E-state index contributed by atoms with van der Waals surface area (Å²) in [5, 5.41) is 0. The van der Waals surface area contributed by atoms with Crippen LogP contribution in [0.2, 0.25) is 0 Å². The molecule has 0 spiro atoms. The second-order valence-corrected chi connectivity index (χ2v) is 11.3. The zero-order valence-corrected chi connectivity index (χ0v) is 26.7. The van der Waals surface area contributed by atoms with Crippen LogP contribution >= 0.6 is 0 Å². The summed E-state index contributed by atoms with van der Waals surface area (Å²) >= 11 is 0. The lowest BCUT2D eigenvalue weighted by Gasteiger charge is -2.26. The van der Waals surface area contributed by atoms with Crippen LogP contribution in [-0.2, 0) is 9.59 Å². The van der Waals surface area contributed by atoms with Crippen LogP contribution < -0.4 is 19.3 Å². The number of esters is 1. The van der Waals surface area contributed by atoms with Gasteiger partial charge in [-0.25, -0.2) is 4.79 Å². The molecule has 0 amide bonds. The molecular formula is C42H34N2O4. The molecule has 0 bridgehead atoms. The molecule has 0 N–H and O–H groups in total. The Balaban J connectivity index is 1.29. The maximum absolute atomic E-state index is 11.7. The Morgan fingerprint density at radius 2 is 0.812 bits per heavy atom. The van der Waals surface area contributed by atoms with E-state index in [1.807, 2.05) is 24.3 Å².